The van der Waals surface area contributed by atoms with Crippen LogP contribution in [0.5, 0.6) is 0 Å². The minimum absolute atomic E-state index is 0. The number of nitrogens with one attached hydrogen (secondary N) is 2. The van der Waals surface area contributed by atoms with Crippen LogP contribution in [0.1, 0.15) is 30.5 Å². The molecule has 32 heavy (non-hydrogen) atoms. The molecule has 0 aliphatic carbocycles. The quantitative estimate of drug-likeness (QED) is 0.300. The van der Waals surface area contributed by atoms with E-state index >= 15 is 0 Å². The van der Waals surface area contributed by atoms with Gasteiger partial charge in [0.1, 0.15) is 0 Å². The number of morpholine rings is 1. The molecule has 182 valence electrons. The number of benzene rings is 1. The Bertz CT molecular complexity index is 711. The second-order valence-corrected chi connectivity index (χ2v) is 8.27. The van der Waals surface area contributed by atoms with Crippen molar-refractivity contribution in [2.45, 2.75) is 38.5 Å². The third kappa shape index (κ3) is 8.68. The summed E-state index contributed by atoms with van der Waals surface area (Å²) in [6.45, 7) is 8.40. The largest absolute Gasteiger partial charge is 0.401 e. The molecule has 2 aliphatic heterocycles. The number of halogens is 4. The maximum absolute atomic E-state index is 12.7. The van der Waals surface area contributed by atoms with Gasteiger partial charge >= 0.3 is 6.18 Å². The van der Waals surface area contributed by atoms with Crippen molar-refractivity contribution >= 4 is 29.9 Å². The van der Waals surface area contributed by atoms with Gasteiger partial charge in [-0.05, 0) is 25.8 Å². The van der Waals surface area contributed by atoms with Crippen LogP contribution >= 0.6 is 24.0 Å². The van der Waals surface area contributed by atoms with Crippen molar-refractivity contribution in [3.63, 3.8) is 0 Å². The first-order valence-corrected chi connectivity index (χ1v) is 11.1. The summed E-state index contributed by atoms with van der Waals surface area (Å²) in [5.41, 5.74) is 2.43. The number of alkyl halides is 3. The van der Waals surface area contributed by atoms with Crippen LogP contribution in [0.15, 0.2) is 29.3 Å². The van der Waals surface area contributed by atoms with Crippen LogP contribution in [-0.2, 0) is 4.74 Å². The standard InChI is InChI=1S/C22H34F3N5O.HI/c1-3-26-21(28-19-8-9-29(15-19)16-22(23,24)25)27-14-20(30-10-12-31-13-11-30)18-6-4-17(2)5-7-18;/h4-7,19-20H,3,8-16H2,1-2H3,(H2,26,27,28);1H. The Labute approximate surface area is 206 Å². The molecule has 0 amide bonds. The molecule has 2 N–H and O–H groups in total. The zero-order valence-corrected chi connectivity index (χ0v) is 21.2. The fourth-order valence-electron chi connectivity index (χ4n) is 4.15. The van der Waals surface area contributed by atoms with Gasteiger partial charge in [0.15, 0.2) is 5.96 Å². The Morgan fingerprint density at radius 1 is 1.19 bits per heavy atom. The summed E-state index contributed by atoms with van der Waals surface area (Å²) in [7, 11) is 0. The van der Waals surface area contributed by atoms with Crippen molar-refractivity contribution in [1.29, 1.82) is 0 Å². The van der Waals surface area contributed by atoms with Crippen LogP contribution in [0.25, 0.3) is 0 Å². The molecule has 0 radical (unpaired) electrons. The van der Waals surface area contributed by atoms with Crippen LogP contribution in [0.3, 0.4) is 0 Å². The third-order valence-electron chi connectivity index (χ3n) is 5.73. The number of hydrogen-bond acceptors (Lipinski definition) is 4. The first-order chi connectivity index (χ1) is 14.8. The summed E-state index contributed by atoms with van der Waals surface area (Å²) in [6.07, 6.45) is -3.49. The van der Waals surface area contributed by atoms with Crippen LogP contribution in [0.2, 0.25) is 0 Å². The van der Waals surface area contributed by atoms with E-state index in [1.54, 1.807) is 0 Å². The monoisotopic (exact) mass is 569 g/mol. The van der Waals surface area contributed by atoms with E-state index in [9.17, 15) is 13.2 Å². The number of rotatable bonds is 7. The molecule has 1 aromatic carbocycles. The molecule has 2 aliphatic rings. The Hall–Kier alpha value is -1.11. The van der Waals surface area contributed by atoms with Gasteiger partial charge in [-0.3, -0.25) is 14.8 Å². The highest BCUT2D eigenvalue weighted by molar-refractivity contribution is 14.0. The Morgan fingerprint density at radius 3 is 2.50 bits per heavy atom. The van der Waals surface area contributed by atoms with Gasteiger partial charge in [-0.25, -0.2) is 0 Å². The Balaban J connectivity index is 0.00000363. The maximum atomic E-state index is 12.7. The fourth-order valence-corrected chi connectivity index (χ4v) is 4.15. The van der Waals surface area contributed by atoms with E-state index in [1.807, 2.05) is 6.92 Å². The predicted octanol–water partition coefficient (Wildman–Crippen LogP) is 3.18. The normalized spacial score (nSPS) is 21.8. The van der Waals surface area contributed by atoms with Crippen LogP contribution in [0.4, 0.5) is 13.2 Å². The third-order valence-corrected chi connectivity index (χ3v) is 5.73. The van der Waals surface area contributed by atoms with E-state index in [2.05, 4.69) is 46.7 Å². The lowest BCUT2D eigenvalue weighted by Crippen LogP contribution is -2.46. The first-order valence-electron chi connectivity index (χ1n) is 11.1. The highest BCUT2D eigenvalue weighted by Crippen LogP contribution is 2.23. The molecule has 1 aromatic rings. The SMILES string of the molecule is CCNC(=NCC(c1ccc(C)cc1)N1CCOCC1)NC1CCN(CC(F)(F)F)C1.I. The predicted molar refractivity (Wildman–Crippen MR) is 132 cm³/mol. The molecule has 6 nitrogen and oxygen atoms in total. The molecule has 2 heterocycles. The van der Waals surface area contributed by atoms with Gasteiger partial charge < -0.3 is 15.4 Å². The average molecular weight is 569 g/mol. The molecule has 0 spiro atoms. The van der Waals surface area contributed by atoms with E-state index in [0.29, 0.717) is 51.8 Å². The van der Waals surface area contributed by atoms with E-state index < -0.39 is 12.7 Å². The van der Waals surface area contributed by atoms with Crippen LogP contribution in [0, 0.1) is 6.92 Å². The molecule has 3 rings (SSSR count). The molecule has 10 heteroatoms. The fraction of sp³-hybridized carbons (Fsp3) is 0.682. The van der Waals surface area contributed by atoms with Crippen molar-refractivity contribution in [1.82, 2.24) is 20.4 Å². The van der Waals surface area contributed by atoms with Gasteiger partial charge in [-0.15, -0.1) is 24.0 Å². The smallest absolute Gasteiger partial charge is 0.379 e. The summed E-state index contributed by atoms with van der Waals surface area (Å²) in [6, 6.07) is 8.62. The van der Waals surface area contributed by atoms with E-state index in [0.717, 1.165) is 13.1 Å². The number of hydrogen-bond donors (Lipinski definition) is 2. The number of ether oxygens (including phenoxy) is 1. The summed E-state index contributed by atoms with van der Waals surface area (Å²) in [5.74, 6) is 0.659. The number of aryl methyl sites for hydroxylation is 1. The van der Waals surface area contributed by atoms with E-state index in [1.165, 1.54) is 16.0 Å². The summed E-state index contributed by atoms with van der Waals surface area (Å²) in [4.78, 5) is 8.66. The topological polar surface area (TPSA) is 52.1 Å². The number of nitrogens with zero attached hydrogens (tertiary/aromatic N) is 3. The zero-order chi connectivity index (χ0) is 22.3. The van der Waals surface area contributed by atoms with E-state index in [4.69, 9.17) is 9.73 Å². The Kier molecular flexibility index (Phi) is 11.0. The zero-order valence-electron chi connectivity index (χ0n) is 18.8. The van der Waals surface area contributed by atoms with Gasteiger partial charge in [0, 0.05) is 38.8 Å². The van der Waals surface area contributed by atoms with Crippen molar-refractivity contribution in [3.05, 3.63) is 35.4 Å². The van der Waals surface area contributed by atoms with Gasteiger partial charge in [-0.1, -0.05) is 29.8 Å². The lowest BCUT2D eigenvalue weighted by atomic mass is 10.0. The van der Waals surface area contributed by atoms with Gasteiger partial charge in [0.05, 0.1) is 32.3 Å². The highest BCUT2D eigenvalue weighted by Gasteiger charge is 2.34. The maximum Gasteiger partial charge on any atom is 0.401 e. The van der Waals surface area contributed by atoms with Gasteiger partial charge in [0.25, 0.3) is 0 Å². The molecule has 2 atom stereocenters. The van der Waals surface area contributed by atoms with Crippen molar-refractivity contribution in [2.75, 3.05) is 59.0 Å². The summed E-state index contributed by atoms with van der Waals surface area (Å²) >= 11 is 0. The van der Waals surface area contributed by atoms with Crippen molar-refractivity contribution < 1.29 is 17.9 Å². The minimum Gasteiger partial charge on any atom is -0.379 e. The highest BCUT2D eigenvalue weighted by atomic mass is 127. The number of guanidine groups is 1. The molecular formula is C22H35F3IN5O. The molecule has 0 saturated carbocycles. The van der Waals surface area contributed by atoms with Crippen molar-refractivity contribution in [3.8, 4) is 0 Å². The number of likely N-dealkylation sites (tertiary alicyclic amines) is 1. The second kappa shape index (κ2) is 13.0. The second-order valence-electron chi connectivity index (χ2n) is 8.27. The molecule has 0 bridgehead atoms. The lowest BCUT2D eigenvalue weighted by Gasteiger charge is -2.34. The van der Waals surface area contributed by atoms with Crippen LogP contribution < -0.4 is 10.6 Å². The average Bonchev–Trinajstić information content (AvgIpc) is 3.15. The molecule has 2 saturated heterocycles. The van der Waals surface area contributed by atoms with Gasteiger partial charge in [-0.2, -0.15) is 13.2 Å². The minimum atomic E-state index is -4.16. The molecular weight excluding hydrogens is 534 g/mol. The number of aliphatic imine (C=N–C) groups is 1. The van der Waals surface area contributed by atoms with Crippen molar-refractivity contribution in [2.24, 2.45) is 4.99 Å². The summed E-state index contributed by atoms with van der Waals surface area (Å²) in [5, 5.41) is 6.58. The first kappa shape index (κ1) is 27.1. The van der Waals surface area contributed by atoms with E-state index in [-0.39, 0.29) is 36.1 Å². The molecule has 2 unspecified atom stereocenters. The molecule has 0 aromatic heterocycles. The lowest BCUT2D eigenvalue weighted by molar-refractivity contribution is -0.143. The van der Waals surface area contributed by atoms with Crippen LogP contribution in [-0.4, -0.2) is 87.0 Å². The Morgan fingerprint density at radius 2 is 1.88 bits per heavy atom. The summed E-state index contributed by atoms with van der Waals surface area (Å²) < 4.78 is 43.6. The van der Waals surface area contributed by atoms with Gasteiger partial charge in [0.2, 0.25) is 0 Å². The molecule has 2 fully saturated rings.